The molecule has 0 fully saturated rings. The van der Waals surface area contributed by atoms with Crippen LogP contribution in [0.3, 0.4) is 0 Å². The zero-order valence-electron chi connectivity index (χ0n) is 12.9. The molecule has 112 valence electrons. The topological polar surface area (TPSA) is 62.3 Å². The first-order chi connectivity index (χ1) is 9.99. The molecule has 0 saturated heterocycles. The molecule has 0 amide bonds. The summed E-state index contributed by atoms with van der Waals surface area (Å²) < 4.78 is 5.11. The minimum Gasteiger partial charge on any atom is -0.462 e. The highest BCUT2D eigenvalue weighted by atomic mass is 16.5. The predicted octanol–water partition coefficient (Wildman–Crippen LogP) is 3.28. The maximum Gasteiger partial charge on any atom is 0.340 e. The zero-order chi connectivity index (χ0) is 15.6. The second-order valence-electron chi connectivity index (χ2n) is 5.21. The molecule has 0 spiro atoms. The van der Waals surface area contributed by atoms with Crippen LogP contribution in [0, 0.1) is 20.8 Å². The average Bonchev–Trinajstić information content (AvgIpc) is 2.81. The zero-order valence-corrected chi connectivity index (χ0v) is 12.9. The first-order valence-corrected chi connectivity index (χ1v) is 7.06. The number of aliphatic hydroxyl groups excluding tert-OH is 1. The summed E-state index contributed by atoms with van der Waals surface area (Å²) in [5.74, 6) is -0.372. The van der Waals surface area contributed by atoms with Gasteiger partial charge in [0, 0.05) is 17.5 Å². The second-order valence-corrected chi connectivity index (χ2v) is 5.21. The van der Waals surface area contributed by atoms with Gasteiger partial charge in [-0.2, -0.15) is 0 Å². The Morgan fingerprint density at radius 2 is 1.81 bits per heavy atom. The minimum absolute atomic E-state index is 0.151. The van der Waals surface area contributed by atoms with Gasteiger partial charge in [-0.15, -0.1) is 0 Å². The molecule has 1 heterocycles. The lowest BCUT2D eigenvalue weighted by Gasteiger charge is -2.14. The highest BCUT2D eigenvalue weighted by Crippen LogP contribution is 2.34. The summed E-state index contributed by atoms with van der Waals surface area (Å²) in [7, 11) is 0. The van der Waals surface area contributed by atoms with Crippen LogP contribution in [0.2, 0.25) is 0 Å². The molecular formula is C17H21NO3. The third-order valence-electron chi connectivity index (χ3n) is 3.54. The molecule has 0 unspecified atom stereocenters. The SMILES string of the molecule is CCOC(=O)c1c[nH]c(CO)c1-c1c(C)cc(C)cc1C. The molecule has 4 nitrogen and oxygen atoms in total. The summed E-state index contributed by atoms with van der Waals surface area (Å²) in [5.41, 5.74) is 6.15. The van der Waals surface area contributed by atoms with E-state index in [4.69, 9.17) is 4.74 Å². The van der Waals surface area contributed by atoms with Crippen molar-refractivity contribution in [2.75, 3.05) is 6.61 Å². The fraction of sp³-hybridized carbons (Fsp3) is 0.353. The number of H-pyrrole nitrogens is 1. The van der Waals surface area contributed by atoms with Crippen LogP contribution in [-0.4, -0.2) is 22.7 Å². The molecule has 1 aromatic heterocycles. The van der Waals surface area contributed by atoms with Crippen molar-refractivity contribution >= 4 is 5.97 Å². The smallest absolute Gasteiger partial charge is 0.340 e. The van der Waals surface area contributed by atoms with Crippen LogP contribution < -0.4 is 0 Å². The largest absolute Gasteiger partial charge is 0.462 e. The van der Waals surface area contributed by atoms with E-state index < -0.39 is 0 Å². The number of aliphatic hydroxyl groups is 1. The van der Waals surface area contributed by atoms with E-state index in [2.05, 4.69) is 17.1 Å². The minimum atomic E-state index is -0.372. The van der Waals surface area contributed by atoms with Crippen LogP contribution in [0.5, 0.6) is 0 Å². The van der Waals surface area contributed by atoms with E-state index >= 15 is 0 Å². The Morgan fingerprint density at radius 3 is 2.33 bits per heavy atom. The van der Waals surface area contributed by atoms with Gasteiger partial charge in [0.15, 0.2) is 0 Å². The van der Waals surface area contributed by atoms with Gasteiger partial charge in [-0.3, -0.25) is 0 Å². The van der Waals surface area contributed by atoms with E-state index in [0.29, 0.717) is 17.9 Å². The monoisotopic (exact) mass is 287 g/mol. The number of aromatic nitrogens is 1. The molecule has 0 saturated carbocycles. The average molecular weight is 287 g/mol. The molecular weight excluding hydrogens is 266 g/mol. The van der Waals surface area contributed by atoms with E-state index in [1.54, 1.807) is 13.1 Å². The molecule has 4 heteroatoms. The van der Waals surface area contributed by atoms with Crippen molar-refractivity contribution < 1.29 is 14.6 Å². The normalized spacial score (nSPS) is 10.7. The highest BCUT2D eigenvalue weighted by molar-refractivity contribution is 5.99. The van der Waals surface area contributed by atoms with E-state index in [1.807, 2.05) is 20.8 Å². The lowest BCUT2D eigenvalue weighted by Crippen LogP contribution is -2.06. The molecule has 1 aromatic carbocycles. The molecule has 0 bridgehead atoms. The van der Waals surface area contributed by atoms with Crippen LogP contribution in [0.25, 0.3) is 11.1 Å². The van der Waals surface area contributed by atoms with Crippen LogP contribution in [0.4, 0.5) is 0 Å². The molecule has 2 rings (SSSR count). The van der Waals surface area contributed by atoms with Crippen molar-refractivity contribution in [2.24, 2.45) is 0 Å². The highest BCUT2D eigenvalue weighted by Gasteiger charge is 2.22. The summed E-state index contributed by atoms with van der Waals surface area (Å²) in [6, 6.07) is 4.15. The van der Waals surface area contributed by atoms with Crippen molar-refractivity contribution in [1.82, 2.24) is 4.98 Å². The van der Waals surface area contributed by atoms with Crippen LogP contribution >= 0.6 is 0 Å². The van der Waals surface area contributed by atoms with Gasteiger partial charge in [-0.1, -0.05) is 17.7 Å². The first-order valence-electron chi connectivity index (χ1n) is 7.06. The van der Waals surface area contributed by atoms with Gasteiger partial charge >= 0.3 is 5.97 Å². The van der Waals surface area contributed by atoms with Crippen molar-refractivity contribution in [1.29, 1.82) is 0 Å². The number of carbonyl (C=O) groups excluding carboxylic acids is 1. The van der Waals surface area contributed by atoms with Gasteiger partial charge in [-0.05, 0) is 44.4 Å². The third-order valence-corrected chi connectivity index (χ3v) is 3.54. The molecule has 21 heavy (non-hydrogen) atoms. The predicted molar refractivity (Wildman–Crippen MR) is 82.3 cm³/mol. The number of aromatic amines is 1. The van der Waals surface area contributed by atoms with E-state index in [0.717, 1.165) is 22.3 Å². The number of aryl methyl sites for hydroxylation is 3. The van der Waals surface area contributed by atoms with Gasteiger partial charge in [0.1, 0.15) is 0 Å². The maximum atomic E-state index is 12.1. The Kier molecular flexibility index (Phi) is 4.48. The standard InChI is InChI=1S/C17H21NO3/c1-5-21-17(20)13-8-18-14(9-19)16(13)15-11(3)6-10(2)7-12(15)4/h6-8,18-19H,5,9H2,1-4H3. The van der Waals surface area contributed by atoms with Crippen LogP contribution in [0.15, 0.2) is 18.3 Å². The summed E-state index contributed by atoms with van der Waals surface area (Å²) in [6.45, 7) is 8.02. The number of ether oxygens (including phenoxy) is 1. The molecule has 0 aliphatic carbocycles. The lowest BCUT2D eigenvalue weighted by molar-refractivity contribution is 0.0527. The third kappa shape index (κ3) is 2.85. The number of benzene rings is 1. The fourth-order valence-corrected chi connectivity index (χ4v) is 2.82. The van der Waals surface area contributed by atoms with Crippen LogP contribution in [0.1, 0.15) is 39.7 Å². The maximum absolute atomic E-state index is 12.1. The number of hydrogen-bond acceptors (Lipinski definition) is 3. The number of carbonyl (C=O) groups is 1. The Bertz CT molecular complexity index is 648. The van der Waals surface area contributed by atoms with Crippen molar-refractivity contribution in [2.45, 2.75) is 34.3 Å². The fourth-order valence-electron chi connectivity index (χ4n) is 2.82. The molecule has 2 N–H and O–H groups in total. The summed E-state index contributed by atoms with van der Waals surface area (Å²) in [6.07, 6.45) is 1.61. The summed E-state index contributed by atoms with van der Waals surface area (Å²) in [5, 5.41) is 9.56. The Hall–Kier alpha value is -2.07. The van der Waals surface area contributed by atoms with Gasteiger partial charge in [-0.25, -0.2) is 4.79 Å². The van der Waals surface area contributed by atoms with Crippen LogP contribution in [-0.2, 0) is 11.3 Å². The van der Waals surface area contributed by atoms with Gasteiger partial charge in [0.25, 0.3) is 0 Å². The summed E-state index contributed by atoms with van der Waals surface area (Å²) in [4.78, 5) is 15.1. The molecule has 0 aliphatic heterocycles. The quantitative estimate of drug-likeness (QED) is 0.848. The van der Waals surface area contributed by atoms with E-state index in [1.165, 1.54) is 5.56 Å². The molecule has 0 aliphatic rings. The Balaban J connectivity index is 2.68. The number of esters is 1. The van der Waals surface area contributed by atoms with E-state index in [9.17, 15) is 9.90 Å². The van der Waals surface area contributed by atoms with E-state index in [-0.39, 0.29) is 12.6 Å². The van der Waals surface area contributed by atoms with Crippen molar-refractivity contribution in [3.05, 3.63) is 46.3 Å². The molecule has 2 aromatic rings. The molecule has 0 radical (unpaired) electrons. The van der Waals surface area contributed by atoms with Crippen molar-refractivity contribution in [3.63, 3.8) is 0 Å². The van der Waals surface area contributed by atoms with Gasteiger partial charge < -0.3 is 14.8 Å². The van der Waals surface area contributed by atoms with Crippen molar-refractivity contribution in [3.8, 4) is 11.1 Å². The number of hydrogen-bond donors (Lipinski definition) is 2. The summed E-state index contributed by atoms with van der Waals surface area (Å²) >= 11 is 0. The Labute approximate surface area is 124 Å². The number of rotatable bonds is 4. The Morgan fingerprint density at radius 1 is 1.19 bits per heavy atom. The van der Waals surface area contributed by atoms with Gasteiger partial charge in [0.05, 0.1) is 18.8 Å². The first kappa shape index (κ1) is 15.3. The second kappa shape index (κ2) is 6.14. The molecule has 0 atom stereocenters. The lowest BCUT2D eigenvalue weighted by atomic mass is 9.91. The number of nitrogens with one attached hydrogen (secondary N) is 1. The van der Waals surface area contributed by atoms with Gasteiger partial charge in [0.2, 0.25) is 0 Å².